The molecule has 0 aliphatic heterocycles. The van der Waals surface area contributed by atoms with E-state index in [1.807, 2.05) is 13.8 Å². The normalized spacial score (nSPS) is 10.1. The van der Waals surface area contributed by atoms with E-state index >= 15 is 0 Å². The van der Waals surface area contributed by atoms with Crippen LogP contribution in [0.4, 0.5) is 9.18 Å². The monoisotopic (exact) mass is 267 g/mol. The van der Waals surface area contributed by atoms with Crippen molar-refractivity contribution in [2.45, 2.75) is 26.4 Å². The van der Waals surface area contributed by atoms with Gasteiger partial charge in [0.2, 0.25) is 5.91 Å². The number of nitrogens with one attached hydrogen (secondary N) is 3. The highest BCUT2D eigenvalue weighted by molar-refractivity contribution is 5.83. The Morgan fingerprint density at radius 2 is 1.89 bits per heavy atom. The van der Waals surface area contributed by atoms with Crippen LogP contribution in [0.5, 0.6) is 0 Å². The molecule has 0 fully saturated rings. The fourth-order valence-electron chi connectivity index (χ4n) is 1.37. The summed E-state index contributed by atoms with van der Waals surface area (Å²) in [4.78, 5) is 22.7. The Morgan fingerprint density at radius 1 is 1.21 bits per heavy atom. The van der Waals surface area contributed by atoms with Crippen molar-refractivity contribution in [2.24, 2.45) is 0 Å². The van der Waals surface area contributed by atoms with Gasteiger partial charge in [-0.3, -0.25) is 4.79 Å². The first kappa shape index (κ1) is 14.9. The number of carbonyl (C=O) groups excluding carboxylic acids is 2. The summed E-state index contributed by atoms with van der Waals surface area (Å²) in [6.45, 7) is 3.58. The van der Waals surface area contributed by atoms with Crippen LogP contribution in [0, 0.1) is 5.82 Å². The van der Waals surface area contributed by atoms with Gasteiger partial charge < -0.3 is 16.0 Å². The fourth-order valence-corrected chi connectivity index (χ4v) is 1.37. The van der Waals surface area contributed by atoms with E-state index in [1.54, 1.807) is 18.2 Å². The molecule has 1 aromatic rings. The maximum Gasteiger partial charge on any atom is 0.315 e. The molecule has 0 aliphatic rings. The summed E-state index contributed by atoms with van der Waals surface area (Å²) >= 11 is 0. The zero-order valence-electron chi connectivity index (χ0n) is 11.0. The van der Waals surface area contributed by atoms with E-state index < -0.39 is 6.03 Å². The lowest BCUT2D eigenvalue weighted by molar-refractivity contribution is -0.120. The predicted octanol–water partition coefficient (Wildman–Crippen LogP) is 1.15. The summed E-state index contributed by atoms with van der Waals surface area (Å²) < 4.78 is 13.3. The van der Waals surface area contributed by atoms with E-state index in [9.17, 15) is 14.0 Å². The predicted molar refractivity (Wildman–Crippen MR) is 69.9 cm³/mol. The van der Waals surface area contributed by atoms with Gasteiger partial charge in [0, 0.05) is 18.2 Å². The molecule has 5 nitrogen and oxygen atoms in total. The molecule has 3 amide bonds. The number of amides is 3. The van der Waals surface area contributed by atoms with Crippen molar-refractivity contribution in [2.75, 3.05) is 6.54 Å². The quantitative estimate of drug-likeness (QED) is 0.749. The van der Waals surface area contributed by atoms with Crippen LogP contribution in [0.15, 0.2) is 24.3 Å². The lowest BCUT2D eigenvalue weighted by Crippen LogP contribution is -2.44. The number of carbonyl (C=O) groups is 2. The maximum absolute atomic E-state index is 13.3. The van der Waals surface area contributed by atoms with Gasteiger partial charge in [0.25, 0.3) is 0 Å². The maximum atomic E-state index is 13.3. The molecule has 0 aromatic heterocycles. The molecule has 19 heavy (non-hydrogen) atoms. The van der Waals surface area contributed by atoms with Crippen molar-refractivity contribution in [3.8, 4) is 0 Å². The smallest absolute Gasteiger partial charge is 0.315 e. The molecule has 0 bridgehead atoms. The highest BCUT2D eigenvalue weighted by atomic mass is 19.1. The van der Waals surface area contributed by atoms with E-state index in [0.29, 0.717) is 5.56 Å². The van der Waals surface area contributed by atoms with Crippen LogP contribution in [0.1, 0.15) is 19.4 Å². The molecule has 0 unspecified atom stereocenters. The third-order valence-electron chi connectivity index (χ3n) is 2.26. The van der Waals surface area contributed by atoms with E-state index in [-0.39, 0.29) is 30.9 Å². The van der Waals surface area contributed by atoms with E-state index in [2.05, 4.69) is 16.0 Å². The number of hydrogen-bond acceptors (Lipinski definition) is 2. The standard InChI is InChI=1S/C13H18FN3O2/c1-9(2)17-13(19)16-8-12(18)15-7-10-5-3-4-6-11(10)14/h3-6,9H,7-8H2,1-2H3,(H,15,18)(H2,16,17,19). The molecule has 1 rings (SSSR count). The zero-order valence-corrected chi connectivity index (χ0v) is 11.0. The summed E-state index contributed by atoms with van der Waals surface area (Å²) in [5, 5.41) is 7.53. The van der Waals surface area contributed by atoms with Crippen LogP contribution >= 0.6 is 0 Å². The highest BCUT2D eigenvalue weighted by Crippen LogP contribution is 2.04. The first-order valence-electron chi connectivity index (χ1n) is 6.03. The SMILES string of the molecule is CC(C)NC(=O)NCC(=O)NCc1ccccc1F. The molecule has 1 aromatic carbocycles. The van der Waals surface area contributed by atoms with E-state index in [0.717, 1.165) is 0 Å². The average Bonchev–Trinajstić information content (AvgIpc) is 2.34. The highest BCUT2D eigenvalue weighted by Gasteiger charge is 2.07. The van der Waals surface area contributed by atoms with Gasteiger partial charge in [-0.05, 0) is 19.9 Å². The molecular weight excluding hydrogens is 249 g/mol. The molecule has 0 atom stereocenters. The number of halogens is 1. The van der Waals surface area contributed by atoms with Crippen LogP contribution in [-0.2, 0) is 11.3 Å². The van der Waals surface area contributed by atoms with Gasteiger partial charge in [-0.2, -0.15) is 0 Å². The summed E-state index contributed by atoms with van der Waals surface area (Å²) in [5.41, 5.74) is 0.405. The lowest BCUT2D eigenvalue weighted by Gasteiger charge is -2.10. The number of urea groups is 1. The Kier molecular flexibility index (Phi) is 5.78. The molecular formula is C13H18FN3O2. The van der Waals surface area contributed by atoms with Crippen LogP contribution in [0.3, 0.4) is 0 Å². The van der Waals surface area contributed by atoms with Gasteiger partial charge in [0.1, 0.15) is 5.82 Å². The fraction of sp³-hybridized carbons (Fsp3) is 0.385. The van der Waals surface area contributed by atoms with Gasteiger partial charge in [0.15, 0.2) is 0 Å². The minimum atomic E-state index is -0.406. The first-order chi connectivity index (χ1) is 8.99. The van der Waals surface area contributed by atoms with Crippen molar-refractivity contribution in [1.82, 2.24) is 16.0 Å². The Labute approximate surface area is 111 Å². The Bertz CT molecular complexity index is 449. The Morgan fingerprint density at radius 3 is 2.53 bits per heavy atom. The molecule has 0 aliphatic carbocycles. The molecule has 0 radical (unpaired) electrons. The van der Waals surface area contributed by atoms with Gasteiger partial charge >= 0.3 is 6.03 Å². The van der Waals surface area contributed by atoms with E-state index in [4.69, 9.17) is 0 Å². The van der Waals surface area contributed by atoms with Crippen molar-refractivity contribution < 1.29 is 14.0 Å². The largest absolute Gasteiger partial charge is 0.350 e. The molecule has 6 heteroatoms. The second-order valence-electron chi connectivity index (χ2n) is 4.35. The van der Waals surface area contributed by atoms with Crippen molar-refractivity contribution in [3.05, 3.63) is 35.6 Å². The number of rotatable bonds is 5. The Balaban J connectivity index is 2.29. The van der Waals surface area contributed by atoms with Gasteiger partial charge in [-0.15, -0.1) is 0 Å². The molecule has 0 saturated carbocycles. The summed E-state index contributed by atoms with van der Waals surface area (Å²) in [5.74, 6) is -0.740. The molecule has 0 heterocycles. The van der Waals surface area contributed by atoms with Crippen molar-refractivity contribution in [1.29, 1.82) is 0 Å². The zero-order chi connectivity index (χ0) is 14.3. The summed E-state index contributed by atoms with van der Waals surface area (Å²) in [6.07, 6.45) is 0. The topological polar surface area (TPSA) is 70.2 Å². The number of benzene rings is 1. The summed E-state index contributed by atoms with van der Waals surface area (Å²) in [7, 11) is 0. The minimum absolute atomic E-state index is 0.00137. The third-order valence-corrected chi connectivity index (χ3v) is 2.26. The van der Waals surface area contributed by atoms with E-state index in [1.165, 1.54) is 6.07 Å². The first-order valence-corrected chi connectivity index (χ1v) is 6.03. The van der Waals surface area contributed by atoms with Crippen LogP contribution in [-0.4, -0.2) is 24.5 Å². The second-order valence-corrected chi connectivity index (χ2v) is 4.35. The van der Waals surface area contributed by atoms with Gasteiger partial charge in [0.05, 0.1) is 6.54 Å². The Hall–Kier alpha value is -2.11. The van der Waals surface area contributed by atoms with Crippen molar-refractivity contribution in [3.63, 3.8) is 0 Å². The van der Waals surface area contributed by atoms with Crippen LogP contribution < -0.4 is 16.0 Å². The van der Waals surface area contributed by atoms with Gasteiger partial charge in [-0.25, -0.2) is 9.18 Å². The van der Waals surface area contributed by atoms with Gasteiger partial charge in [-0.1, -0.05) is 18.2 Å². The van der Waals surface area contributed by atoms with Crippen LogP contribution in [0.2, 0.25) is 0 Å². The van der Waals surface area contributed by atoms with Crippen LogP contribution in [0.25, 0.3) is 0 Å². The lowest BCUT2D eigenvalue weighted by atomic mass is 10.2. The molecule has 104 valence electrons. The molecule has 0 spiro atoms. The minimum Gasteiger partial charge on any atom is -0.350 e. The third kappa shape index (κ3) is 5.85. The molecule has 0 saturated heterocycles. The molecule has 3 N–H and O–H groups in total. The number of hydrogen-bond donors (Lipinski definition) is 3. The second kappa shape index (κ2) is 7.35. The average molecular weight is 267 g/mol. The van der Waals surface area contributed by atoms with Crippen molar-refractivity contribution >= 4 is 11.9 Å². The summed E-state index contributed by atoms with van der Waals surface area (Å²) in [6, 6.07) is 5.79.